The molecule has 2 fully saturated rings. The maximum atomic E-state index is 14.2. The van der Waals surface area contributed by atoms with E-state index in [0.717, 1.165) is 30.7 Å². The molecule has 0 amide bonds. The van der Waals surface area contributed by atoms with E-state index in [9.17, 15) is 4.39 Å². The molecular weight excluding hydrogens is 341 g/mol. The summed E-state index contributed by atoms with van der Waals surface area (Å²) in [6.45, 7) is 2.00. The van der Waals surface area contributed by atoms with Crippen molar-refractivity contribution in [1.82, 2.24) is 20.3 Å². The normalized spacial score (nSPS) is 24.3. The summed E-state index contributed by atoms with van der Waals surface area (Å²) >= 11 is 5.86. The van der Waals surface area contributed by atoms with Gasteiger partial charge in [0.1, 0.15) is 11.8 Å². The molecule has 1 saturated heterocycles. The lowest BCUT2D eigenvalue weighted by Crippen LogP contribution is -2.20. The first-order valence-electron chi connectivity index (χ1n) is 8.21. The van der Waals surface area contributed by atoms with Crippen LogP contribution in [0.5, 0.6) is 0 Å². The molecule has 25 heavy (non-hydrogen) atoms. The number of pyridine rings is 1. The Bertz CT molecular complexity index is 994. The summed E-state index contributed by atoms with van der Waals surface area (Å²) in [6, 6.07) is 8.83. The second-order valence-corrected chi connectivity index (χ2v) is 7.11. The molecule has 2 aliphatic rings. The van der Waals surface area contributed by atoms with Crippen LogP contribution in [-0.2, 0) is 5.41 Å². The lowest BCUT2D eigenvalue weighted by Gasteiger charge is -2.14. The second-order valence-electron chi connectivity index (χ2n) is 6.70. The average molecular weight is 356 g/mol. The molecule has 0 radical (unpaired) electrons. The molecule has 126 valence electrons. The van der Waals surface area contributed by atoms with Gasteiger partial charge in [-0.25, -0.2) is 19.3 Å². The van der Waals surface area contributed by atoms with E-state index in [4.69, 9.17) is 16.6 Å². The number of hydrogen-bond acceptors (Lipinski definition) is 5. The third-order valence-corrected chi connectivity index (χ3v) is 5.55. The molecule has 0 spiro atoms. The molecule has 2 atom stereocenters. The SMILES string of the molecule is Fc1c(Cl)cccc1Nc1ncnc2ccc([C@]34CNC[C@H]3C4)nc12. The summed E-state index contributed by atoms with van der Waals surface area (Å²) in [4.78, 5) is 13.4. The van der Waals surface area contributed by atoms with E-state index in [2.05, 4.69) is 20.6 Å². The molecule has 5 nitrogen and oxygen atoms in total. The number of piperidine rings is 1. The van der Waals surface area contributed by atoms with Crippen LogP contribution in [0.25, 0.3) is 11.0 Å². The number of nitrogens with one attached hydrogen (secondary N) is 2. The Kier molecular flexibility index (Phi) is 3.20. The molecule has 5 rings (SSSR count). The van der Waals surface area contributed by atoms with Gasteiger partial charge in [0.15, 0.2) is 11.6 Å². The summed E-state index contributed by atoms with van der Waals surface area (Å²) in [7, 11) is 0. The van der Waals surface area contributed by atoms with Crippen LogP contribution < -0.4 is 10.6 Å². The Morgan fingerprint density at radius 1 is 1.24 bits per heavy atom. The molecule has 1 saturated carbocycles. The first-order valence-corrected chi connectivity index (χ1v) is 8.59. The molecular formula is C18H15ClFN5. The molecule has 3 heterocycles. The van der Waals surface area contributed by atoms with Gasteiger partial charge in [0.05, 0.1) is 16.2 Å². The van der Waals surface area contributed by atoms with Gasteiger partial charge in [-0.2, -0.15) is 0 Å². The zero-order valence-corrected chi connectivity index (χ0v) is 14.0. The highest BCUT2D eigenvalue weighted by Crippen LogP contribution is 2.55. The van der Waals surface area contributed by atoms with Crippen LogP contribution in [0.1, 0.15) is 12.1 Å². The summed E-state index contributed by atoms with van der Waals surface area (Å²) in [5.74, 6) is 0.629. The maximum Gasteiger partial charge on any atom is 0.165 e. The highest BCUT2D eigenvalue weighted by molar-refractivity contribution is 6.31. The molecule has 0 bridgehead atoms. The van der Waals surface area contributed by atoms with Crippen molar-refractivity contribution in [3.05, 3.63) is 53.2 Å². The quantitative estimate of drug-likeness (QED) is 0.753. The molecule has 0 unspecified atom stereocenters. The molecule has 1 aliphatic carbocycles. The number of rotatable bonds is 3. The van der Waals surface area contributed by atoms with Crippen LogP contribution in [0.3, 0.4) is 0 Å². The van der Waals surface area contributed by atoms with Gasteiger partial charge in [-0.1, -0.05) is 17.7 Å². The second kappa shape index (κ2) is 5.34. The van der Waals surface area contributed by atoms with Gasteiger partial charge in [0, 0.05) is 17.7 Å². The molecule has 2 N–H and O–H groups in total. The number of hydrogen-bond donors (Lipinski definition) is 2. The van der Waals surface area contributed by atoms with Gasteiger partial charge in [0.2, 0.25) is 0 Å². The van der Waals surface area contributed by atoms with Crippen molar-refractivity contribution in [1.29, 1.82) is 0 Å². The van der Waals surface area contributed by atoms with Gasteiger partial charge >= 0.3 is 0 Å². The van der Waals surface area contributed by atoms with Crippen molar-refractivity contribution >= 4 is 34.1 Å². The molecule has 1 aliphatic heterocycles. The van der Waals surface area contributed by atoms with Crippen molar-refractivity contribution in [3.63, 3.8) is 0 Å². The van der Waals surface area contributed by atoms with E-state index in [1.54, 1.807) is 12.1 Å². The highest BCUT2D eigenvalue weighted by Gasteiger charge is 2.59. The predicted molar refractivity (Wildman–Crippen MR) is 94.7 cm³/mol. The molecule has 3 aromatic rings. The Hall–Kier alpha value is -2.31. The van der Waals surface area contributed by atoms with Crippen molar-refractivity contribution < 1.29 is 4.39 Å². The van der Waals surface area contributed by atoms with E-state index in [1.807, 2.05) is 12.1 Å². The van der Waals surface area contributed by atoms with Crippen LogP contribution >= 0.6 is 11.6 Å². The van der Waals surface area contributed by atoms with E-state index in [1.165, 1.54) is 12.4 Å². The van der Waals surface area contributed by atoms with Crippen LogP contribution in [-0.4, -0.2) is 28.0 Å². The minimum atomic E-state index is -0.507. The third-order valence-electron chi connectivity index (χ3n) is 5.26. The lowest BCUT2D eigenvalue weighted by atomic mass is 10.0. The first-order chi connectivity index (χ1) is 12.2. The molecule has 1 aromatic carbocycles. The number of nitrogens with zero attached hydrogens (tertiary/aromatic N) is 3. The van der Waals surface area contributed by atoms with E-state index >= 15 is 0 Å². The minimum Gasteiger partial charge on any atom is -0.336 e. The lowest BCUT2D eigenvalue weighted by molar-refractivity contribution is 0.632. The standard InChI is InChI=1S/C18H15ClFN5/c19-11-2-1-3-12(15(11)20)24-17-16-13(22-9-23-17)4-5-14(25-16)18-6-10(18)7-21-8-18/h1-5,9-10,21H,6-8H2,(H,22,23,24)/t10-,18-/m1/s1. The third kappa shape index (κ3) is 2.28. The number of fused-ring (bicyclic) bond motifs is 2. The maximum absolute atomic E-state index is 14.2. The summed E-state index contributed by atoms with van der Waals surface area (Å²) in [5.41, 5.74) is 2.83. The number of anilines is 2. The minimum absolute atomic E-state index is 0.0637. The predicted octanol–water partition coefficient (Wildman–Crippen LogP) is 3.42. The topological polar surface area (TPSA) is 62.7 Å². The van der Waals surface area contributed by atoms with E-state index < -0.39 is 5.82 Å². The summed E-state index contributed by atoms with van der Waals surface area (Å²) in [5, 5.41) is 6.50. The van der Waals surface area contributed by atoms with Gasteiger partial charge in [0.25, 0.3) is 0 Å². The van der Waals surface area contributed by atoms with Crippen LogP contribution in [0.2, 0.25) is 5.02 Å². The van der Waals surface area contributed by atoms with Gasteiger partial charge in [-0.05, 0) is 43.1 Å². The van der Waals surface area contributed by atoms with Crippen LogP contribution in [0.15, 0.2) is 36.7 Å². The Morgan fingerprint density at radius 3 is 2.96 bits per heavy atom. The number of halogens is 2. The van der Waals surface area contributed by atoms with Crippen molar-refractivity contribution in [2.24, 2.45) is 5.92 Å². The highest BCUT2D eigenvalue weighted by atomic mass is 35.5. The van der Waals surface area contributed by atoms with E-state index in [-0.39, 0.29) is 16.1 Å². The molecule has 7 heteroatoms. The van der Waals surface area contributed by atoms with Gasteiger partial charge in [-0.15, -0.1) is 0 Å². The summed E-state index contributed by atoms with van der Waals surface area (Å²) < 4.78 is 14.2. The Labute approximate surface area is 148 Å². The number of benzene rings is 1. The monoisotopic (exact) mass is 355 g/mol. The summed E-state index contributed by atoms with van der Waals surface area (Å²) in [6.07, 6.45) is 2.61. The zero-order chi connectivity index (χ0) is 17.0. The first kappa shape index (κ1) is 15.0. The van der Waals surface area contributed by atoms with Crippen LogP contribution in [0, 0.1) is 11.7 Å². The van der Waals surface area contributed by atoms with Gasteiger partial charge in [-0.3, -0.25) is 0 Å². The largest absolute Gasteiger partial charge is 0.336 e. The number of aromatic nitrogens is 3. The smallest absolute Gasteiger partial charge is 0.165 e. The van der Waals surface area contributed by atoms with Crippen molar-refractivity contribution in [3.8, 4) is 0 Å². The van der Waals surface area contributed by atoms with Gasteiger partial charge < -0.3 is 10.6 Å². The fourth-order valence-electron chi connectivity index (χ4n) is 3.78. The Balaban J connectivity index is 1.59. The van der Waals surface area contributed by atoms with E-state index in [0.29, 0.717) is 17.3 Å². The molecule has 2 aromatic heterocycles. The van der Waals surface area contributed by atoms with Crippen molar-refractivity contribution in [2.75, 3.05) is 18.4 Å². The van der Waals surface area contributed by atoms with Crippen LogP contribution in [0.4, 0.5) is 15.9 Å². The van der Waals surface area contributed by atoms with Crippen molar-refractivity contribution in [2.45, 2.75) is 11.8 Å². The fraction of sp³-hybridized carbons (Fsp3) is 0.278. The average Bonchev–Trinajstić information content (AvgIpc) is 3.20. The fourth-order valence-corrected chi connectivity index (χ4v) is 3.95. The Morgan fingerprint density at radius 2 is 2.16 bits per heavy atom. The zero-order valence-electron chi connectivity index (χ0n) is 13.3.